The quantitative estimate of drug-likeness (QED) is 0.329. The fourth-order valence-electron chi connectivity index (χ4n) is 0.478. The van der Waals surface area contributed by atoms with Gasteiger partial charge in [0.1, 0.15) is 6.29 Å². The summed E-state index contributed by atoms with van der Waals surface area (Å²) >= 11 is 0. The molecule has 1 amide bonds. The average molecular weight is 101 g/mol. The van der Waals surface area contributed by atoms with Gasteiger partial charge in [-0.1, -0.05) is 0 Å². The van der Waals surface area contributed by atoms with Crippen molar-refractivity contribution in [3.63, 3.8) is 0 Å². The molecule has 1 rings (SSSR count). The molecule has 1 saturated heterocycles. The van der Waals surface area contributed by atoms with Crippen LogP contribution < -0.4 is 16.4 Å². The smallest absolute Gasteiger partial charge is 0.236 e. The van der Waals surface area contributed by atoms with Crippen LogP contribution in [0.1, 0.15) is 0 Å². The maximum Gasteiger partial charge on any atom is 0.236 e. The van der Waals surface area contributed by atoms with Gasteiger partial charge in [-0.05, 0) is 0 Å². The standard InChI is InChI=1S/C3H7N3O/c4-3-5-1-2(7)6-3/h3,5H,1,4H2,(H,6,7)/t3-/m1/s1. The Kier molecular flexibility index (Phi) is 0.958. The van der Waals surface area contributed by atoms with Crippen molar-refractivity contribution in [1.82, 2.24) is 10.6 Å². The van der Waals surface area contributed by atoms with E-state index in [0.29, 0.717) is 6.54 Å². The van der Waals surface area contributed by atoms with Crippen molar-refractivity contribution in [2.45, 2.75) is 6.29 Å². The van der Waals surface area contributed by atoms with E-state index in [1.54, 1.807) is 0 Å². The van der Waals surface area contributed by atoms with E-state index in [4.69, 9.17) is 5.73 Å². The van der Waals surface area contributed by atoms with Gasteiger partial charge in [0.15, 0.2) is 0 Å². The second-order valence-corrected chi connectivity index (χ2v) is 1.43. The van der Waals surface area contributed by atoms with E-state index in [-0.39, 0.29) is 12.2 Å². The van der Waals surface area contributed by atoms with E-state index in [0.717, 1.165) is 0 Å². The number of nitrogens with one attached hydrogen (secondary N) is 2. The summed E-state index contributed by atoms with van der Waals surface area (Å²) in [6, 6.07) is 0. The number of carbonyl (C=O) groups excluding carboxylic acids is 1. The van der Waals surface area contributed by atoms with Crippen LogP contribution in [0.4, 0.5) is 0 Å². The van der Waals surface area contributed by atoms with E-state index in [1.807, 2.05) is 0 Å². The fourth-order valence-corrected chi connectivity index (χ4v) is 0.478. The predicted octanol–water partition coefficient (Wildman–Crippen LogP) is -2.05. The molecule has 0 aliphatic carbocycles. The van der Waals surface area contributed by atoms with Crippen LogP contribution in [0.5, 0.6) is 0 Å². The summed E-state index contributed by atoms with van der Waals surface area (Å²) in [7, 11) is 0. The van der Waals surface area contributed by atoms with Gasteiger partial charge in [0.25, 0.3) is 0 Å². The molecule has 4 N–H and O–H groups in total. The van der Waals surface area contributed by atoms with E-state index in [2.05, 4.69) is 10.6 Å². The molecule has 0 aromatic carbocycles. The molecule has 0 aromatic rings. The zero-order valence-electron chi connectivity index (χ0n) is 3.77. The Morgan fingerprint density at radius 1 is 1.86 bits per heavy atom. The van der Waals surface area contributed by atoms with Crippen molar-refractivity contribution in [2.24, 2.45) is 5.73 Å². The Labute approximate surface area is 41.1 Å². The molecule has 0 spiro atoms. The zero-order valence-corrected chi connectivity index (χ0v) is 3.77. The molecule has 4 nitrogen and oxygen atoms in total. The van der Waals surface area contributed by atoms with E-state index in [9.17, 15) is 4.79 Å². The Morgan fingerprint density at radius 3 is 2.71 bits per heavy atom. The van der Waals surface area contributed by atoms with Crippen LogP contribution in [-0.2, 0) is 4.79 Å². The molecule has 0 bridgehead atoms. The lowest BCUT2D eigenvalue weighted by Crippen LogP contribution is -2.40. The minimum Gasteiger partial charge on any atom is -0.327 e. The van der Waals surface area contributed by atoms with Crippen LogP contribution in [0, 0.1) is 0 Å². The van der Waals surface area contributed by atoms with Crippen molar-refractivity contribution in [3.05, 3.63) is 0 Å². The van der Waals surface area contributed by atoms with Gasteiger partial charge in [0, 0.05) is 0 Å². The summed E-state index contributed by atoms with van der Waals surface area (Å²) in [5.41, 5.74) is 5.18. The number of rotatable bonds is 0. The molecule has 7 heavy (non-hydrogen) atoms. The van der Waals surface area contributed by atoms with Gasteiger partial charge in [-0.15, -0.1) is 0 Å². The highest BCUT2D eigenvalue weighted by Gasteiger charge is 2.13. The summed E-state index contributed by atoms with van der Waals surface area (Å²) in [4.78, 5) is 10.2. The normalized spacial score (nSPS) is 30.4. The summed E-state index contributed by atoms with van der Waals surface area (Å²) in [5.74, 6) is -0.0347. The van der Waals surface area contributed by atoms with Crippen molar-refractivity contribution >= 4 is 5.91 Å². The Balaban J connectivity index is 2.40. The van der Waals surface area contributed by atoms with Crippen LogP contribution in [0.25, 0.3) is 0 Å². The molecule has 1 heterocycles. The molecular weight excluding hydrogens is 94.1 g/mol. The van der Waals surface area contributed by atoms with Crippen LogP contribution in [-0.4, -0.2) is 18.7 Å². The predicted molar refractivity (Wildman–Crippen MR) is 24.1 cm³/mol. The summed E-state index contributed by atoms with van der Waals surface area (Å²) in [6.45, 7) is 0.348. The lowest BCUT2D eigenvalue weighted by molar-refractivity contribution is -0.118. The number of carbonyl (C=O) groups is 1. The van der Waals surface area contributed by atoms with Gasteiger partial charge in [-0.3, -0.25) is 15.8 Å². The molecule has 0 unspecified atom stereocenters. The molecule has 40 valence electrons. The molecule has 0 aromatic heterocycles. The number of nitrogens with two attached hydrogens (primary N) is 1. The van der Waals surface area contributed by atoms with Crippen molar-refractivity contribution in [3.8, 4) is 0 Å². The SMILES string of the molecule is N[C@@H]1NCC(=O)N1. The Bertz CT molecular complexity index is 92.2. The fraction of sp³-hybridized carbons (Fsp3) is 0.667. The number of hydrogen-bond acceptors (Lipinski definition) is 3. The first-order chi connectivity index (χ1) is 3.29. The molecule has 0 radical (unpaired) electrons. The monoisotopic (exact) mass is 101 g/mol. The molecular formula is C3H7N3O. The van der Waals surface area contributed by atoms with Gasteiger partial charge >= 0.3 is 0 Å². The summed E-state index contributed by atoms with van der Waals surface area (Å²) in [5, 5.41) is 5.13. The topological polar surface area (TPSA) is 67.1 Å². The van der Waals surface area contributed by atoms with Crippen LogP contribution in [0.3, 0.4) is 0 Å². The van der Waals surface area contributed by atoms with Crippen LogP contribution in [0.2, 0.25) is 0 Å². The summed E-state index contributed by atoms with van der Waals surface area (Å²) < 4.78 is 0. The van der Waals surface area contributed by atoms with Crippen molar-refractivity contribution < 1.29 is 4.79 Å². The third-order valence-corrected chi connectivity index (χ3v) is 0.799. The first-order valence-electron chi connectivity index (χ1n) is 2.07. The molecule has 1 aliphatic rings. The van der Waals surface area contributed by atoms with E-state index < -0.39 is 0 Å². The molecule has 4 heteroatoms. The summed E-state index contributed by atoms with van der Waals surface area (Å²) in [6.07, 6.45) is -0.326. The van der Waals surface area contributed by atoms with Crippen molar-refractivity contribution in [2.75, 3.05) is 6.54 Å². The van der Waals surface area contributed by atoms with Crippen LogP contribution in [0.15, 0.2) is 0 Å². The number of amides is 1. The van der Waals surface area contributed by atoms with Gasteiger partial charge in [0.05, 0.1) is 6.54 Å². The lowest BCUT2D eigenvalue weighted by atomic mass is 10.7. The Morgan fingerprint density at radius 2 is 2.57 bits per heavy atom. The second-order valence-electron chi connectivity index (χ2n) is 1.43. The zero-order chi connectivity index (χ0) is 5.28. The average Bonchev–Trinajstić information content (AvgIpc) is 1.87. The molecule has 1 aliphatic heterocycles. The first kappa shape index (κ1) is 4.55. The third-order valence-electron chi connectivity index (χ3n) is 0.799. The molecule has 1 atom stereocenters. The maximum absolute atomic E-state index is 10.2. The highest BCUT2D eigenvalue weighted by Crippen LogP contribution is 1.74. The second kappa shape index (κ2) is 1.48. The lowest BCUT2D eigenvalue weighted by Gasteiger charge is -1.97. The van der Waals surface area contributed by atoms with Gasteiger partial charge < -0.3 is 5.32 Å². The van der Waals surface area contributed by atoms with Gasteiger partial charge in [0.2, 0.25) is 5.91 Å². The minimum atomic E-state index is -0.326. The van der Waals surface area contributed by atoms with Crippen LogP contribution >= 0.6 is 0 Å². The largest absolute Gasteiger partial charge is 0.327 e. The Hall–Kier alpha value is -0.610. The van der Waals surface area contributed by atoms with Gasteiger partial charge in [-0.25, -0.2) is 0 Å². The van der Waals surface area contributed by atoms with Gasteiger partial charge in [-0.2, -0.15) is 0 Å². The van der Waals surface area contributed by atoms with E-state index >= 15 is 0 Å². The highest BCUT2D eigenvalue weighted by molar-refractivity contribution is 5.80. The number of hydrogen-bond donors (Lipinski definition) is 3. The molecule has 0 saturated carbocycles. The molecule has 1 fully saturated rings. The maximum atomic E-state index is 10.2. The minimum absolute atomic E-state index is 0.0347. The van der Waals surface area contributed by atoms with E-state index in [1.165, 1.54) is 0 Å². The third kappa shape index (κ3) is 0.880. The van der Waals surface area contributed by atoms with Crippen molar-refractivity contribution in [1.29, 1.82) is 0 Å². The first-order valence-corrected chi connectivity index (χ1v) is 2.07. The highest BCUT2D eigenvalue weighted by atomic mass is 16.2.